The lowest BCUT2D eigenvalue weighted by Crippen LogP contribution is -2.47. The highest BCUT2D eigenvalue weighted by Crippen LogP contribution is 2.37. The summed E-state index contributed by atoms with van der Waals surface area (Å²) in [4.78, 5) is 52.4. The van der Waals surface area contributed by atoms with Crippen molar-refractivity contribution in [3.63, 3.8) is 0 Å². The second kappa shape index (κ2) is 15.5. The Morgan fingerprint density at radius 1 is 0.619 bits per heavy atom. The van der Waals surface area contributed by atoms with Crippen molar-refractivity contribution in [2.45, 2.75) is 111 Å². The predicted molar refractivity (Wildman–Crippen MR) is 159 cm³/mol. The monoisotopic (exact) mass is 582 g/mol. The molecule has 0 heterocycles. The number of esters is 4. The molecule has 2 aromatic rings. The molecule has 2 aromatic carbocycles. The topological polar surface area (TPSA) is 105 Å². The Morgan fingerprint density at radius 2 is 1.07 bits per heavy atom. The van der Waals surface area contributed by atoms with Crippen LogP contribution in [0.1, 0.15) is 96.8 Å². The van der Waals surface area contributed by atoms with E-state index in [9.17, 15) is 19.2 Å². The van der Waals surface area contributed by atoms with Gasteiger partial charge in [0.05, 0.1) is 0 Å². The van der Waals surface area contributed by atoms with Crippen LogP contribution in [-0.2, 0) is 51.3 Å². The van der Waals surface area contributed by atoms with Gasteiger partial charge < -0.3 is 18.9 Å². The average molecular weight is 583 g/mol. The second-order valence-corrected chi connectivity index (χ2v) is 12.5. The van der Waals surface area contributed by atoms with E-state index in [1.54, 1.807) is 41.5 Å². The van der Waals surface area contributed by atoms with Crippen molar-refractivity contribution >= 4 is 23.9 Å². The normalized spacial score (nSPS) is 11.9. The van der Waals surface area contributed by atoms with Crippen LogP contribution in [0.3, 0.4) is 0 Å². The number of carbonyl (C=O) groups excluding carboxylic acids is 4. The lowest BCUT2D eigenvalue weighted by atomic mass is 9.77. The first kappa shape index (κ1) is 34.5. The van der Waals surface area contributed by atoms with Gasteiger partial charge in [-0.15, -0.1) is 0 Å². The van der Waals surface area contributed by atoms with Gasteiger partial charge in [-0.25, -0.2) is 0 Å². The summed E-state index contributed by atoms with van der Waals surface area (Å²) in [5.74, 6) is -2.36. The largest absolute Gasteiger partial charge is 0.461 e. The molecule has 42 heavy (non-hydrogen) atoms. The van der Waals surface area contributed by atoms with Crippen LogP contribution in [0.5, 0.6) is 0 Å². The highest BCUT2D eigenvalue weighted by molar-refractivity contribution is 6.00. The molecule has 0 unspecified atom stereocenters. The van der Waals surface area contributed by atoms with Crippen molar-refractivity contribution in [1.29, 1.82) is 0 Å². The molecule has 8 nitrogen and oxygen atoms in total. The Labute approximate surface area is 250 Å². The molecular weight excluding hydrogens is 536 g/mol. The fraction of sp³-hybridized carbons (Fsp3) is 0.529. The van der Waals surface area contributed by atoms with Crippen molar-refractivity contribution in [3.8, 4) is 0 Å². The summed E-state index contributed by atoms with van der Waals surface area (Å²) >= 11 is 0. The predicted octanol–water partition coefficient (Wildman–Crippen LogP) is 6.79. The van der Waals surface area contributed by atoms with E-state index in [-0.39, 0.29) is 51.7 Å². The molecule has 2 rings (SSSR count). The molecule has 0 amide bonds. The first-order chi connectivity index (χ1) is 19.6. The second-order valence-electron chi connectivity index (χ2n) is 12.5. The first-order valence-electron chi connectivity index (χ1n) is 14.5. The van der Waals surface area contributed by atoms with E-state index < -0.39 is 40.5 Å². The number of hydrogen-bond donors (Lipinski definition) is 0. The minimum Gasteiger partial charge on any atom is -0.461 e. The van der Waals surface area contributed by atoms with E-state index in [4.69, 9.17) is 18.9 Å². The van der Waals surface area contributed by atoms with Gasteiger partial charge in [-0.1, -0.05) is 54.6 Å². The highest BCUT2D eigenvalue weighted by Gasteiger charge is 2.50. The van der Waals surface area contributed by atoms with Crippen molar-refractivity contribution < 1.29 is 38.1 Å². The van der Waals surface area contributed by atoms with E-state index in [0.29, 0.717) is 0 Å². The lowest BCUT2D eigenvalue weighted by molar-refractivity contribution is -0.187. The molecule has 0 saturated carbocycles. The molecule has 0 atom stereocenters. The number of benzene rings is 2. The van der Waals surface area contributed by atoms with Gasteiger partial charge in [-0.2, -0.15) is 0 Å². The molecule has 0 saturated heterocycles. The SMILES string of the molecule is Cc1ccccc1COC(=O)CCCC(CCCC(=O)OCc1ccccc1)(C(=O)OC(C)(C)C)C(=O)OC(C)(C)C. The van der Waals surface area contributed by atoms with Crippen LogP contribution in [0.4, 0.5) is 0 Å². The van der Waals surface area contributed by atoms with Crippen molar-refractivity contribution in [1.82, 2.24) is 0 Å². The Bertz CT molecular complexity index is 1160. The highest BCUT2D eigenvalue weighted by atomic mass is 16.6. The standard InChI is InChI=1S/C34H46O8/c1-25-15-11-12-18-27(25)24-40-29(36)20-14-22-34(30(37)41-32(2,3)4,31(38)42-33(5,6)7)21-13-19-28(35)39-23-26-16-9-8-10-17-26/h8-12,15-18H,13-14,19-24H2,1-7H3. The van der Waals surface area contributed by atoms with Gasteiger partial charge >= 0.3 is 23.9 Å². The summed E-state index contributed by atoms with van der Waals surface area (Å²) in [6, 6.07) is 16.9. The van der Waals surface area contributed by atoms with Gasteiger partial charge in [-0.05, 0) is 90.8 Å². The number of aryl methyl sites for hydroxylation is 1. The molecular formula is C34H46O8. The Morgan fingerprint density at radius 3 is 1.55 bits per heavy atom. The van der Waals surface area contributed by atoms with E-state index >= 15 is 0 Å². The van der Waals surface area contributed by atoms with Crippen molar-refractivity contribution in [3.05, 3.63) is 71.3 Å². The lowest BCUT2D eigenvalue weighted by Gasteiger charge is -2.35. The zero-order chi connectivity index (χ0) is 31.4. The third kappa shape index (κ3) is 12.0. The fourth-order valence-electron chi connectivity index (χ4n) is 4.25. The van der Waals surface area contributed by atoms with Crippen molar-refractivity contribution in [2.75, 3.05) is 0 Å². The quantitative estimate of drug-likeness (QED) is 0.136. The van der Waals surface area contributed by atoms with E-state index in [2.05, 4.69) is 0 Å². The smallest absolute Gasteiger partial charge is 0.324 e. The fourth-order valence-corrected chi connectivity index (χ4v) is 4.25. The maximum absolute atomic E-state index is 13.7. The van der Waals surface area contributed by atoms with E-state index in [1.807, 2.05) is 61.5 Å². The zero-order valence-corrected chi connectivity index (χ0v) is 26.1. The molecule has 0 fully saturated rings. The van der Waals surface area contributed by atoms with Gasteiger partial charge in [0.15, 0.2) is 5.41 Å². The summed E-state index contributed by atoms with van der Waals surface area (Å²) in [6.45, 7) is 12.5. The molecule has 0 spiro atoms. The van der Waals surface area contributed by atoms with Crippen LogP contribution >= 0.6 is 0 Å². The number of hydrogen-bond acceptors (Lipinski definition) is 8. The molecule has 0 bridgehead atoms. The zero-order valence-electron chi connectivity index (χ0n) is 26.1. The maximum atomic E-state index is 13.7. The van der Waals surface area contributed by atoms with Gasteiger partial charge in [-0.3, -0.25) is 19.2 Å². The van der Waals surface area contributed by atoms with E-state index in [0.717, 1.165) is 16.7 Å². The molecule has 8 heteroatoms. The first-order valence-corrected chi connectivity index (χ1v) is 14.5. The Balaban J connectivity index is 2.15. The maximum Gasteiger partial charge on any atom is 0.324 e. The molecule has 0 aliphatic carbocycles. The van der Waals surface area contributed by atoms with Crippen LogP contribution in [0, 0.1) is 12.3 Å². The molecule has 0 aliphatic rings. The minimum atomic E-state index is -1.71. The molecule has 0 aromatic heterocycles. The van der Waals surface area contributed by atoms with Gasteiger partial charge in [0.25, 0.3) is 0 Å². The number of rotatable bonds is 14. The minimum absolute atomic E-state index is 0.00134. The van der Waals surface area contributed by atoms with Crippen LogP contribution in [-0.4, -0.2) is 35.1 Å². The summed E-state index contributed by atoms with van der Waals surface area (Å²) in [6.07, 6.45) is 0.356. The average Bonchev–Trinajstić information content (AvgIpc) is 2.89. The van der Waals surface area contributed by atoms with Crippen molar-refractivity contribution in [2.24, 2.45) is 5.41 Å². The molecule has 0 aliphatic heterocycles. The van der Waals surface area contributed by atoms with E-state index in [1.165, 1.54) is 0 Å². The van der Waals surface area contributed by atoms with Crippen LogP contribution in [0.25, 0.3) is 0 Å². The summed E-state index contributed by atoms with van der Waals surface area (Å²) in [5.41, 5.74) is -0.673. The van der Waals surface area contributed by atoms with Crippen LogP contribution in [0.15, 0.2) is 54.6 Å². The Hall–Kier alpha value is -3.68. The summed E-state index contributed by atoms with van der Waals surface area (Å²) < 4.78 is 22.2. The summed E-state index contributed by atoms with van der Waals surface area (Å²) in [7, 11) is 0. The third-order valence-corrected chi connectivity index (χ3v) is 6.44. The van der Waals surface area contributed by atoms with Gasteiger partial charge in [0.2, 0.25) is 0 Å². The van der Waals surface area contributed by atoms with Gasteiger partial charge in [0.1, 0.15) is 24.4 Å². The molecule has 230 valence electrons. The Kier molecular flexibility index (Phi) is 12.8. The summed E-state index contributed by atoms with van der Waals surface area (Å²) in [5, 5.41) is 0. The van der Waals surface area contributed by atoms with Gasteiger partial charge in [0, 0.05) is 12.8 Å². The third-order valence-electron chi connectivity index (χ3n) is 6.44. The number of carbonyl (C=O) groups is 4. The van der Waals surface area contributed by atoms with Crippen LogP contribution in [0.2, 0.25) is 0 Å². The van der Waals surface area contributed by atoms with Crippen LogP contribution < -0.4 is 0 Å². The number of ether oxygens (including phenoxy) is 4. The molecule has 0 radical (unpaired) electrons. The molecule has 0 N–H and O–H groups in total.